The second-order valence-corrected chi connectivity index (χ2v) is 7.12. The number of benzene rings is 3. The largest absolute Gasteiger partial charge is 0.488 e. The van der Waals surface area contributed by atoms with Gasteiger partial charge in [-0.15, -0.1) is 0 Å². The molecule has 0 spiro atoms. The van der Waals surface area contributed by atoms with Gasteiger partial charge in [0.1, 0.15) is 12.4 Å². The average molecular weight is 444 g/mol. The van der Waals surface area contributed by atoms with Crippen molar-refractivity contribution < 1.29 is 19.1 Å². The van der Waals surface area contributed by atoms with Crippen LogP contribution in [0, 0.1) is 0 Å². The summed E-state index contributed by atoms with van der Waals surface area (Å²) in [5.41, 5.74) is 2.09. The second kappa shape index (κ2) is 10.1. The fourth-order valence-corrected chi connectivity index (χ4v) is 3.14. The predicted molar refractivity (Wildman–Crippen MR) is 118 cm³/mol. The van der Waals surface area contributed by atoms with Gasteiger partial charge in [-0.1, -0.05) is 41.4 Å². The summed E-state index contributed by atoms with van der Waals surface area (Å²) in [7, 11) is 0. The molecule has 0 saturated carbocycles. The lowest BCUT2D eigenvalue weighted by molar-refractivity contribution is 0.0526. The topological polar surface area (TPSA) is 64.6 Å². The number of carbonyl (C=O) groups is 2. The summed E-state index contributed by atoms with van der Waals surface area (Å²) in [6, 6.07) is 18.5. The standard InChI is InChI=1S/C23H19Cl2NO4/c1-2-29-23(28)15-8-11-18(12-9-15)26-22(27)19-5-3-4-6-21(19)30-14-16-7-10-17(24)13-20(16)25/h3-13H,2,14H2,1H3,(H,26,27). The van der Waals surface area contributed by atoms with E-state index in [1.54, 1.807) is 73.7 Å². The van der Waals surface area contributed by atoms with Crippen molar-refractivity contribution >= 4 is 40.8 Å². The minimum absolute atomic E-state index is 0.189. The molecular weight excluding hydrogens is 425 g/mol. The van der Waals surface area contributed by atoms with Crippen molar-refractivity contribution in [3.8, 4) is 5.75 Å². The predicted octanol–water partition coefficient (Wildman–Crippen LogP) is 6.00. The first-order valence-corrected chi connectivity index (χ1v) is 9.98. The van der Waals surface area contributed by atoms with Gasteiger partial charge in [0.2, 0.25) is 0 Å². The van der Waals surface area contributed by atoms with Gasteiger partial charge in [-0.3, -0.25) is 4.79 Å². The van der Waals surface area contributed by atoms with E-state index in [1.807, 2.05) is 0 Å². The summed E-state index contributed by atoms with van der Waals surface area (Å²) in [6.45, 7) is 2.23. The molecule has 1 N–H and O–H groups in total. The summed E-state index contributed by atoms with van der Waals surface area (Å²) < 4.78 is 10.8. The van der Waals surface area contributed by atoms with E-state index in [4.69, 9.17) is 32.7 Å². The molecule has 3 aromatic rings. The average Bonchev–Trinajstić information content (AvgIpc) is 2.74. The number of anilines is 1. The molecule has 5 nitrogen and oxygen atoms in total. The Morgan fingerprint density at radius 1 is 0.967 bits per heavy atom. The molecular formula is C23H19Cl2NO4. The lowest BCUT2D eigenvalue weighted by Gasteiger charge is -2.13. The highest BCUT2D eigenvalue weighted by Gasteiger charge is 2.14. The Morgan fingerprint density at radius 3 is 2.40 bits per heavy atom. The highest BCUT2D eigenvalue weighted by molar-refractivity contribution is 6.35. The molecule has 0 aliphatic rings. The van der Waals surface area contributed by atoms with Gasteiger partial charge in [-0.25, -0.2) is 4.79 Å². The Balaban J connectivity index is 1.70. The molecule has 1 amide bonds. The molecule has 3 aromatic carbocycles. The number of hydrogen-bond acceptors (Lipinski definition) is 4. The molecule has 3 rings (SSSR count). The maximum Gasteiger partial charge on any atom is 0.338 e. The molecule has 0 bridgehead atoms. The molecule has 0 aliphatic heterocycles. The van der Waals surface area contributed by atoms with Crippen LogP contribution in [0.25, 0.3) is 0 Å². The van der Waals surface area contributed by atoms with Crippen LogP contribution in [-0.4, -0.2) is 18.5 Å². The molecule has 154 valence electrons. The van der Waals surface area contributed by atoms with Crippen LogP contribution >= 0.6 is 23.2 Å². The number of amides is 1. The van der Waals surface area contributed by atoms with Gasteiger partial charge in [0.15, 0.2) is 0 Å². The summed E-state index contributed by atoms with van der Waals surface area (Å²) in [6.07, 6.45) is 0. The third kappa shape index (κ3) is 5.53. The molecule has 0 saturated heterocycles. The van der Waals surface area contributed by atoms with E-state index >= 15 is 0 Å². The molecule has 0 heterocycles. The van der Waals surface area contributed by atoms with Crippen molar-refractivity contribution in [2.75, 3.05) is 11.9 Å². The lowest BCUT2D eigenvalue weighted by Crippen LogP contribution is -2.14. The molecule has 0 radical (unpaired) electrons. The Bertz CT molecular complexity index is 1050. The first-order chi connectivity index (χ1) is 14.5. The van der Waals surface area contributed by atoms with E-state index in [0.29, 0.717) is 39.2 Å². The number of halogens is 2. The van der Waals surface area contributed by atoms with Gasteiger partial charge in [0.25, 0.3) is 5.91 Å². The molecule has 0 aliphatic carbocycles. The van der Waals surface area contributed by atoms with Crippen LogP contribution in [-0.2, 0) is 11.3 Å². The van der Waals surface area contributed by atoms with E-state index in [-0.39, 0.29) is 12.5 Å². The number of esters is 1. The van der Waals surface area contributed by atoms with Crippen molar-refractivity contribution in [1.29, 1.82) is 0 Å². The third-order valence-electron chi connectivity index (χ3n) is 4.18. The number of para-hydroxylation sites is 1. The fraction of sp³-hybridized carbons (Fsp3) is 0.130. The van der Waals surface area contributed by atoms with Gasteiger partial charge in [0.05, 0.1) is 17.7 Å². The van der Waals surface area contributed by atoms with Gasteiger partial charge in [-0.05, 0) is 55.5 Å². The Morgan fingerprint density at radius 2 is 1.70 bits per heavy atom. The number of hydrogen-bond donors (Lipinski definition) is 1. The zero-order valence-electron chi connectivity index (χ0n) is 16.2. The molecule has 7 heteroatoms. The molecule has 30 heavy (non-hydrogen) atoms. The first kappa shape index (κ1) is 21.7. The summed E-state index contributed by atoms with van der Waals surface area (Å²) >= 11 is 12.1. The Hall–Kier alpha value is -3.02. The van der Waals surface area contributed by atoms with Crippen molar-refractivity contribution in [3.05, 3.63) is 93.5 Å². The van der Waals surface area contributed by atoms with E-state index in [2.05, 4.69) is 5.32 Å². The summed E-state index contributed by atoms with van der Waals surface area (Å²) in [5.74, 6) is -0.323. The number of carbonyl (C=O) groups excluding carboxylic acids is 2. The van der Waals surface area contributed by atoms with Crippen LogP contribution in [0.1, 0.15) is 33.2 Å². The maximum atomic E-state index is 12.8. The van der Waals surface area contributed by atoms with E-state index in [9.17, 15) is 9.59 Å². The highest BCUT2D eigenvalue weighted by Crippen LogP contribution is 2.25. The number of ether oxygens (including phenoxy) is 2. The van der Waals surface area contributed by atoms with E-state index in [0.717, 1.165) is 5.56 Å². The van der Waals surface area contributed by atoms with Gasteiger partial charge in [-0.2, -0.15) is 0 Å². The maximum absolute atomic E-state index is 12.8. The SMILES string of the molecule is CCOC(=O)c1ccc(NC(=O)c2ccccc2OCc2ccc(Cl)cc2Cl)cc1. The van der Waals surface area contributed by atoms with Gasteiger partial charge < -0.3 is 14.8 Å². The van der Waals surface area contributed by atoms with Crippen LogP contribution in [0.15, 0.2) is 66.7 Å². The highest BCUT2D eigenvalue weighted by atomic mass is 35.5. The first-order valence-electron chi connectivity index (χ1n) is 9.22. The number of rotatable bonds is 7. The Labute approximate surface area is 184 Å². The van der Waals surface area contributed by atoms with Crippen molar-refractivity contribution in [2.45, 2.75) is 13.5 Å². The fourth-order valence-electron chi connectivity index (χ4n) is 2.68. The summed E-state index contributed by atoms with van der Waals surface area (Å²) in [5, 5.41) is 3.83. The second-order valence-electron chi connectivity index (χ2n) is 6.27. The van der Waals surface area contributed by atoms with Crippen LogP contribution in [0.2, 0.25) is 10.0 Å². The van der Waals surface area contributed by atoms with Crippen LogP contribution in [0.5, 0.6) is 5.75 Å². The van der Waals surface area contributed by atoms with Gasteiger partial charge >= 0.3 is 5.97 Å². The van der Waals surface area contributed by atoms with Crippen molar-refractivity contribution in [1.82, 2.24) is 0 Å². The van der Waals surface area contributed by atoms with Crippen molar-refractivity contribution in [3.63, 3.8) is 0 Å². The van der Waals surface area contributed by atoms with Crippen molar-refractivity contribution in [2.24, 2.45) is 0 Å². The van der Waals surface area contributed by atoms with E-state index in [1.165, 1.54) is 0 Å². The third-order valence-corrected chi connectivity index (χ3v) is 4.77. The molecule has 0 aromatic heterocycles. The van der Waals surface area contributed by atoms with Crippen LogP contribution in [0.3, 0.4) is 0 Å². The molecule has 0 unspecified atom stereocenters. The minimum Gasteiger partial charge on any atom is -0.488 e. The lowest BCUT2D eigenvalue weighted by atomic mass is 10.1. The minimum atomic E-state index is -0.407. The van der Waals surface area contributed by atoms with Crippen LogP contribution < -0.4 is 10.1 Å². The zero-order chi connectivity index (χ0) is 21.5. The monoisotopic (exact) mass is 443 g/mol. The molecule has 0 atom stereocenters. The normalized spacial score (nSPS) is 10.4. The molecule has 0 fully saturated rings. The van der Waals surface area contributed by atoms with Gasteiger partial charge in [0, 0.05) is 21.3 Å². The zero-order valence-corrected chi connectivity index (χ0v) is 17.7. The Kier molecular flexibility index (Phi) is 7.33. The van der Waals surface area contributed by atoms with E-state index < -0.39 is 5.97 Å². The number of nitrogens with one attached hydrogen (secondary N) is 1. The smallest absolute Gasteiger partial charge is 0.338 e. The quantitative estimate of drug-likeness (QED) is 0.454. The summed E-state index contributed by atoms with van der Waals surface area (Å²) in [4.78, 5) is 24.5. The van der Waals surface area contributed by atoms with Crippen LogP contribution in [0.4, 0.5) is 5.69 Å².